The van der Waals surface area contributed by atoms with Crippen molar-refractivity contribution >= 4 is 26.4 Å². The second kappa shape index (κ2) is 8.65. The number of nitrogens with zero attached hydrogens (tertiary/aromatic N) is 1. The molecule has 0 amide bonds. The number of aromatic amines is 1. The van der Waals surface area contributed by atoms with E-state index >= 15 is 0 Å². The van der Waals surface area contributed by atoms with Crippen LogP contribution >= 0.6 is 0 Å². The summed E-state index contributed by atoms with van der Waals surface area (Å²) >= 11 is 0. The highest BCUT2D eigenvalue weighted by atomic mass is 32.2. The van der Waals surface area contributed by atoms with E-state index in [1.54, 1.807) is 0 Å². The molecule has 0 bridgehead atoms. The maximum absolute atomic E-state index is 11.8. The first kappa shape index (κ1) is 20.5. The Morgan fingerprint density at radius 1 is 1.03 bits per heavy atom. The summed E-state index contributed by atoms with van der Waals surface area (Å²) in [7, 11) is -2.87. The number of ether oxygens (including phenoxy) is 1. The third-order valence-corrected chi connectivity index (χ3v) is 7.91. The van der Waals surface area contributed by atoms with Gasteiger partial charge in [-0.1, -0.05) is 30.3 Å². The molecule has 6 nitrogen and oxygen atoms in total. The molecule has 7 heteroatoms. The van der Waals surface area contributed by atoms with E-state index < -0.39 is 9.84 Å². The zero-order valence-corrected chi connectivity index (χ0v) is 18.5. The maximum Gasteiger partial charge on any atom is 0.152 e. The molecule has 3 heterocycles. The number of benzene rings is 2. The number of hydrogen-bond acceptors (Lipinski definition) is 5. The van der Waals surface area contributed by atoms with Crippen molar-refractivity contribution < 1.29 is 13.2 Å². The summed E-state index contributed by atoms with van der Waals surface area (Å²) in [6.07, 6.45) is 2.00. The van der Waals surface area contributed by atoms with Gasteiger partial charge in [-0.05, 0) is 42.2 Å². The molecule has 2 N–H and O–H groups in total. The molecule has 0 unspecified atom stereocenters. The summed E-state index contributed by atoms with van der Waals surface area (Å²) in [4.78, 5) is 5.87. The van der Waals surface area contributed by atoms with Gasteiger partial charge in [-0.25, -0.2) is 8.42 Å². The van der Waals surface area contributed by atoms with Crippen LogP contribution in [0.4, 0.5) is 5.69 Å². The van der Waals surface area contributed by atoms with Crippen molar-refractivity contribution in [1.82, 2.24) is 9.88 Å². The maximum atomic E-state index is 11.8. The Morgan fingerprint density at radius 3 is 2.52 bits per heavy atom. The minimum Gasteiger partial charge on any atom is -0.381 e. The topological polar surface area (TPSA) is 74.4 Å². The molecule has 0 spiro atoms. The van der Waals surface area contributed by atoms with E-state index in [1.807, 2.05) is 6.07 Å². The molecule has 2 fully saturated rings. The zero-order valence-electron chi connectivity index (χ0n) is 17.6. The van der Waals surface area contributed by atoms with Crippen molar-refractivity contribution in [3.63, 3.8) is 0 Å². The van der Waals surface area contributed by atoms with Crippen molar-refractivity contribution in [2.45, 2.75) is 25.4 Å². The van der Waals surface area contributed by atoms with Gasteiger partial charge in [0.1, 0.15) is 0 Å². The Bertz CT molecular complexity index is 1140. The highest BCUT2D eigenvalue weighted by Crippen LogP contribution is 2.32. The first-order valence-corrected chi connectivity index (χ1v) is 12.9. The molecule has 3 aromatic rings. The molecule has 164 valence electrons. The van der Waals surface area contributed by atoms with Crippen LogP contribution in [0.5, 0.6) is 0 Å². The van der Waals surface area contributed by atoms with Crippen LogP contribution in [0.2, 0.25) is 0 Å². The Labute approximate surface area is 183 Å². The Hall–Kier alpha value is -2.35. The number of aromatic nitrogens is 1. The van der Waals surface area contributed by atoms with Gasteiger partial charge in [0, 0.05) is 50.0 Å². The van der Waals surface area contributed by atoms with E-state index in [0.29, 0.717) is 19.1 Å². The molecule has 0 atom stereocenters. The highest BCUT2D eigenvalue weighted by Gasteiger charge is 2.22. The molecule has 5 rings (SSSR count). The van der Waals surface area contributed by atoms with Gasteiger partial charge in [0.2, 0.25) is 0 Å². The van der Waals surface area contributed by atoms with Crippen molar-refractivity contribution in [2.24, 2.45) is 0 Å². The SMILES string of the molecule is O=S1(=O)CCN(Cc2cc(NC3CCOCC3)c3[nH]c(-c4ccccc4)cc3c2)CC1. The van der Waals surface area contributed by atoms with E-state index in [9.17, 15) is 8.42 Å². The number of anilines is 1. The quantitative estimate of drug-likeness (QED) is 0.635. The Kier molecular flexibility index (Phi) is 5.73. The van der Waals surface area contributed by atoms with Crippen LogP contribution in [0.1, 0.15) is 18.4 Å². The number of nitrogens with one attached hydrogen (secondary N) is 2. The van der Waals surface area contributed by atoms with E-state index in [1.165, 1.54) is 16.5 Å². The van der Waals surface area contributed by atoms with Gasteiger partial charge >= 0.3 is 0 Å². The fourth-order valence-electron chi connectivity index (χ4n) is 4.51. The molecule has 2 aliphatic heterocycles. The number of hydrogen-bond donors (Lipinski definition) is 2. The normalized spacial score (nSPS) is 20.1. The molecule has 0 radical (unpaired) electrons. The fourth-order valence-corrected chi connectivity index (χ4v) is 5.79. The zero-order chi connectivity index (χ0) is 21.3. The van der Waals surface area contributed by atoms with Gasteiger partial charge in [-0.15, -0.1) is 0 Å². The lowest BCUT2D eigenvalue weighted by Gasteiger charge is -2.27. The van der Waals surface area contributed by atoms with Crippen LogP contribution < -0.4 is 5.32 Å². The van der Waals surface area contributed by atoms with Crippen molar-refractivity contribution in [2.75, 3.05) is 43.1 Å². The minimum atomic E-state index is -2.87. The summed E-state index contributed by atoms with van der Waals surface area (Å²) in [5.41, 5.74) is 5.71. The second-order valence-corrected chi connectivity index (χ2v) is 10.9. The van der Waals surface area contributed by atoms with Gasteiger partial charge in [0.25, 0.3) is 0 Å². The lowest BCUT2D eigenvalue weighted by molar-refractivity contribution is 0.0905. The summed E-state index contributed by atoms with van der Waals surface area (Å²) in [5.74, 6) is 0.509. The van der Waals surface area contributed by atoms with Gasteiger partial charge < -0.3 is 15.0 Å². The van der Waals surface area contributed by atoms with Crippen molar-refractivity contribution in [3.05, 3.63) is 54.1 Å². The van der Waals surface area contributed by atoms with E-state index in [2.05, 4.69) is 57.7 Å². The fraction of sp³-hybridized carbons (Fsp3) is 0.417. The van der Waals surface area contributed by atoms with Crippen molar-refractivity contribution in [3.8, 4) is 11.3 Å². The molecule has 31 heavy (non-hydrogen) atoms. The third kappa shape index (κ3) is 4.79. The molecular formula is C24H29N3O3S. The Morgan fingerprint density at radius 2 is 1.77 bits per heavy atom. The first-order valence-electron chi connectivity index (χ1n) is 11.0. The largest absolute Gasteiger partial charge is 0.381 e. The lowest BCUT2D eigenvalue weighted by atomic mass is 10.1. The predicted octanol–water partition coefficient (Wildman–Crippen LogP) is 3.66. The first-order chi connectivity index (χ1) is 15.1. The molecule has 2 aliphatic rings. The monoisotopic (exact) mass is 439 g/mol. The van der Waals surface area contributed by atoms with Gasteiger partial charge in [0.15, 0.2) is 9.84 Å². The summed E-state index contributed by atoms with van der Waals surface area (Å²) < 4.78 is 29.1. The summed E-state index contributed by atoms with van der Waals surface area (Å²) in [5, 5.41) is 4.93. The Balaban J connectivity index is 1.47. The molecular weight excluding hydrogens is 410 g/mol. The lowest BCUT2D eigenvalue weighted by Crippen LogP contribution is -2.39. The van der Waals surface area contributed by atoms with Crippen LogP contribution in [-0.2, 0) is 21.1 Å². The van der Waals surface area contributed by atoms with Crippen LogP contribution in [0.3, 0.4) is 0 Å². The molecule has 1 aromatic heterocycles. The smallest absolute Gasteiger partial charge is 0.152 e. The summed E-state index contributed by atoms with van der Waals surface area (Å²) in [6.45, 7) is 3.56. The number of sulfone groups is 1. The molecule has 0 aliphatic carbocycles. The predicted molar refractivity (Wildman–Crippen MR) is 125 cm³/mol. The molecule has 2 saturated heterocycles. The van der Waals surface area contributed by atoms with E-state index in [0.717, 1.165) is 49.5 Å². The third-order valence-electron chi connectivity index (χ3n) is 6.30. The highest BCUT2D eigenvalue weighted by molar-refractivity contribution is 7.91. The van der Waals surface area contributed by atoms with Crippen LogP contribution in [0, 0.1) is 0 Å². The van der Waals surface area contributed by atoms with Crippen LogP contribution in [0.15, 0.2) is 48.5 Å². The van der Waals surface area contributed by atoms with Crippen LogP contribution in [0.25, 0.3) is 22.2 Å². The van der Waals surface area contributed by atoms with E-state index in [4.69, 9.17) is 4.74 Å². The van der Waals surface area contributed by atoms with Gasteiger partial charge in [0.05, 0.1) is 22.7 Å². The number of fused-ring (bicyclic) bond motifs is 1. The van der Waals surface area contributed by atoms with Gasteiger partial charge in [-0.3, -0.25) is 4.90 Å². The number of H-pyrrole nitrogens is 1. The average molecular weight is 440 g/mol. The summed E-state index contributed by atoms with van der Waals surface area (Å²) in [6, 6.07) is 17.4. The minimum absolute atomic E-state index is 0.255. The van der Waals surface area contributed by atoms with E-state index in [-0.39, 0.29) is 11.5 Å². The average Bonchev–Trinajstić information content (AvgIpc) is 3.21. The second-order valence-electron chi connectivity index (χ2n) is 8.62. The number of rotatable bonds is 5. The van der Waals surface area contributed by atoms with Gasteiger partial charge in [-0.2, -0.15) is 0 Å². The molecule has 0 saturated carbocycles. The molecule has 2 aromatic carbocycles. The standard InChI is InChI=1S/C24H29N3O3S/c28-31(29)12-8-27(9-13-31)17-18-14-20-16-22(19-4-2-1-3-5-19)26-24(20)23(15-18)25-21-6-10-30-11-7-21/h1-5,14-16,21,25-26H,6-13,17H2. The van der Waals surface area contributed by atoms with Crippen LogP contribution in [-0.4, -0.2) is 62.2 Å². The van der Waals surface area contributed by atoms with Crippen molar-refractivity contribution in [1.29, 1.82) is 0 Å².